The maximum Gasteiger partial charge on any atom is 0.330 e. The summed E-state index contributed by atoms with van der Waals surface area (Å²) in [6, 6.07) is 7.27. The van der Waals surface area contributed by atoms with Gasteiger partial charge >= 0.3 is 5.97 Å². The van der Waals surface area contributed by atoms with Crippen LogP contribution in [0.3, 0.4) is 0 Å². The maximum absolute atomic E-state index is 10.8. The van der Waals surface area contributed by atoms with Crippen molar-refractivity contribution in [3.05, 3.63) is 71.6 Å². The van der Waals surface area contributed by atoms with E-state index >= 15 is 0 Å². The molecule has 0 saturated heterocycles. The van der Waals surface area contributed by atoms with E-state index in [1.807, 2.05) is 18.2 Å². The van der Waals surface area contributed by atoms with E-state index in [0.717, 1.165) is 0 Å². The molecule has 1 unspecified atom stereocenters. The van der Waals surface area contributed by atoms with Gasteiger partial charge in [0.05, 0.1) is 30.0 Å². The monoisotopic (exact) mass is 537 g/mol. The zero-order valence-corrected chi connectivity index (χ0v) is 20.8. The van der Waals surface area contributed by atoms with Gasteiger partial charge < -0.3 is 45.4 Å². The van der Waals surface area contributed by atoms with Crippen LogP contribution in [0.2, 0.25) is 0 Å². The number of hydrogen-bond donors (Lipinski definition) is 3. The van der Waals surface area contributed by atoms with E-state index in [-0.39, 0.29) is 45.4 Å². The van der Waals surface area contributed by atoms with Crippen LogP contribution >= 0.6 is 0 Å². The molecule has 0 spiro atoms. The zero-order chi connectivity index (χ0) is 26.5. The van der Waals surface area contributed by atoms with Crippen molar-refractivity contribution in [3.63, 3.8) is 0 Å². The first kappa shape index (κ1) is 35.7. The summed E-state index contributed by atoms with van der Waals surface area (Å²) in [5.74, 6) is -0.628. The Balaban J connectivity index is -0.000000399. The second-order valence-electron chi connectivity index (χ2n) is 5.98. The molecule has 0 amide bonds. The second kappa shape index (κ2) is 21.9. The largest absolute Gasteiger partial charge is 0.792 e. The fourth-order valence-electron chi connectivity index (χ4n) is 1.40. The smallest absolute Gasteiger partial charge is 0.330 e. The van der Waals surface area contributed by atoms with Crippen molar-refractivity contribution in [1.29, 1.82) is 0 Å². The molecule has 3 N–H and O–H groups in total. The van der Waals surface area contributed by atoms with Crippen LogP contribution in [0, 0.1) is 17.3 Å². The molecule has 0 aliphatic rings. The topological polar surface area (TPSA) is 209 Å². The Morgan fingerprint density at radius 2 is 1.46 bits per heavy atom. The molecule has 1 radical (unpaired) electrons. The quantitative estimate of drug-likeness (QED) is 0.171. The van der Waals surface area contributed by atoms with Gasteiger partial charge in [0.25, 0.3) is 0 Å². The molecule has 14 heteroatoms. The minimum absolute atomic E-state index is 0. The predicted octanol–water partition coefficient (Wildman–Crippen LogP) is 3.34. The van der Waals surface area contributed by atoms with E-state index < -0.39 is 12.1 Å². The van der Waals surface area contributed by atoms with Gasteiger partial charge in [-0.2, -0.15) is 12.5 Å². The molecule has 0 aromatic carbocycles. The summed E-state index contributed by atoms with van der Waals surface area (Å²) < 4.78 is 9.15. The number of pyridine rings is 1. The van der Waals surface area contributed by atoms with Gasteiger partial charge in [0, 0.05) is 41.2 Å². The SMILES string of the molecule is CC(=N\[O-])/C(C)=N/O.CC(=N\[O-])/C(C)=N/O.[CH2-]c1ccoc1C(O)C(=O)OC.[Co].c1ccncc1. The van der Waals surface area contributed by atoms with Crippen LogP contribution in [-0.2, 0) is 26.3 Å². The third-order valence-corrected chi connectivity index (χ3v) is 3.64. The molecule has 2 aromatic heterocycles. The van der Waals surface area contributed by atoms with E-state index in [4.69, 9.17) is 14.8 Å². The first-order valence-electron chi connectivity index (χ1n) is 9.33. The number of esters is 1. The van der Waals surface area contributed by atoms with Crippen molar-refractivity contribution < 1.29 is 46.2 Å². The van der Waals surface area contributed by atoms with E-state index in [0.29, 0.717) is 5.56 Å². The Kier molecular flexibility index (Phi) is 22.4. The average molecular weight is 537 g/mol. The number of aliphatic hydroxyl groups is 1. The standard InChI is InChI=1S/C8H9O4.C5H5N.2C4H8N2O2.Co/c1-5-3-4-12-7(5)6(9)8(10)11-2;1-2-4-6-5-3-1;2*1-3(5-7)4(2)6-8;/h3-4,6,9H,1H2,2H3;1-5H;2*7-8H,1-2H3;/q-1;;;;/p-2/b;;2*5-3+,6-4+;. The molecule has 2 heterocycles. The fraction of sp³-hybridized carbons (Fsp3) is 0.286. The van der Waals surface area contributed by atoms with Crippen molar-refractivity contribution >= 4 is 28.8 Å². The maximum atomic E-state index is 10.8. The van der Waals surface area contributed by atoms with Gasteiger partial charge in [0.15, 0.2) is 6.10 Å². The molecule has 35 heavy (non-hydrogen) atoms. The Hall–Kier alpha value is -3.88. The van der Waals surface area contributed by atoms with Gasteiger partial charge in [0.2, 0.25) is 0 Å². The minimum Gasteiger partial charge on any atom is -0.792 e. The number of nitrogens with zero attached hydrogens (tertiary/aromatic N) is 5. The van der Waals surface area contributed by atoms with E-state index in [1.165, 1.54) is 41.1 Å². The molecule has 1 atom stereocenters. The van der Waals surface area contributed by atoms with Crippen molar-refractivity contribution in [2.24, 2.45) is 20.6 Å². The van der Waals surface area contributed by atoms with Gasteiger partial charge in [-0.05, 0) is 39.8 Å². The van der Waals surface area contributed by atoms with Gasteiger partial charge in [-0.15, -0.1) is 6.07 Å². The molecule has 2 rings (SSSR count). The summed E-state index contributed by atoms with van der Waals surface area (Å²) in [5.41, 5.74) is 1.38. The number of carbonyl (C=O) groups is 1. The summed E-state index contributed by atoms with van der Waals surface area (Å²) in [4.78, 5) is 14.6. The van der Waals surface area contributed by atoms with Crippen LogP contribution in [0.5, 0.6) is 0 Å². The van der Waals surface area contributed by atoms with Gasteiger partial charge in [0.1, 0.15) is 0 Å². The minimum atomic E-state index is -1.38. The summed E-state index contributed by atoms with van der Waals surface area (Å²) in [6.07, 6.45) is 3.47. The molecule has 0 aliphatic carbocycles. The van der Waals surface area contributed by atoms with Crippen LogP contribution < -0.4 is 0 Å². The summed E-state index contributed by atoms with van der Waals surface area (Å²) >= 11 is 0. The Labute approximate surface area is 213 Å². The number of hydrogen-bond acceptors (Lipinski definition) is 13. The predicted molar refractivity (Wildman–Crippen MR) is 127 cm³/mol. The summed E-state index contributed by atoms with van der Waals surface area (Å²) in [7, 11) is 1.19. The van der Waals surface area contributed by atoms with Gasteiger partial charge in [-0.3, -0.25) is 4.98 Å². The number of ether oxygens (including phenoxy) is 1. The molecular weight excluding hydrogens is 509 g/mol. The van der Waals surface area contributed by atoms with Crippen molar-refractivity contribution in [3.8, 4) is 0 Å². The first-order chi connectivity index (χ1) is 16.1. The number of rotatable bonds is 4. The molecule has 13 nitrogen and oxygen atoms in total. The Morgan fingerprint density at radius 3 is 1.66 bits per heavy atom. The van der Waals surface area contributed by atoms with Crippen LogP contribution in [0.4, 0.5) is 0 Å². The number of furan rings is 1. The molecule has 0 bridgehead atoms. The number of aromatic nitrogens is 1. The van der Waals surface area contributed by atoms with Gasteiger partial charge in [-0.25, -0.2) is 4.79 Å². The summed E-state index contributed by atoms with van der Waals surface area (Å²) in [6.45, 7) is 9.50. The Morgan fingerprint density at radius 1 is 1.00 bits per heavy atom. The number of aliphatic hydroxyl groups excluding tert-OH is 1. The van der Waals surface area contributed by atoms with Crippen LogP contribution in [-0.4, -0.2) is 56.4 Å². The summed E-state index contributed by atoms with van der Waals surface area (Å²) in [5, 5.41) is 55.1. The van der Waals surface area contributed by atoms with Crippen LogP contribution in [0.15, 0.2) is 68.0 Å². The Bertz CT molecular complexity index is 855. The van der Waals surface area contributed by atoms with Crippen LogP contribution in [0.1, 0.15) is 45.1 Å². The molecule has 0 aliphatic heterocycles. The van der Waals surface area contributed by atoms with E-state index in [9.17, 15) is 20.3 Å². The first-order valence-corrected chi connectivity index (χ1v) is 9.33. The normalized spacial score (nSPS) is 12.2. The van der Waals surface area contributed by atoms with Crippen molar-refractivity contribution in [1.82, 2.24) is 4.98 Å². The van der Waals surface area contributed by atoms with Gasteiger partial charge in [-0.1, -0.05) is 16.4 Å². The second-order valence-corrected chi connectivity index (χ2v) is 5.98. The molecule has 197 valence electrons. The van der Waals surface area contributed by atoms with Crippen molar-refractivity contribution in [2.45, 2.75) is 33.8 Å². The van der Waals surface area contributed by atoms with E-state index in [1.54, 1.807) is 18.5 Å². The molecule has 0 saturated carbocycles. The molecular formula is C21H28CoN5O8-3. The van der Waals surface area contributed by atoms with E-state index in [2.05, 4.69) is 37.3 Å². The fourth-order valence-corrected chi connectivity index (χ4v) is 1.40. The zero-order valence-electron chi connectivity index (χ0n) is 19.8. The number of methoxy groups -OCH3 is 1. The van der Waals surface area contributed by atoms with Crippen LogP contribution in [0.25, 0.3) is 0 Å². The molecule has 0 fully saturated rings. The number of carbonyl (C=O) groups excluding carboxylic acids is 1. The average Bonchev–Trinajstić information content (AvgIpc) is 3.33. The third kappa shape index (κ3) is 16.4. The molecule has 2 aromatic rings. The third-order valence-electron chi connectivity index (χ3n) is 3.64. The number of oxime groups is 2. The van der Waals surface area contributed by atoms with Crippen molar-refractivity contribution in [2.75, 3.05) is 7.11 Å².